The minimum Gasteiger partial charge on any atom is -0.397 e. The van der Waals surface area contributed by atoms with Crippen LogP contribution in [0.25, 0.3) is 0 Å². The molecule has 0 unspecified atom stereocenters. The van der Waals surface area contributed by atoms with Crippen LogP contribution in [0.15, 0.2) is 18.2 Å². The highest BCUT2D eigenvalue weighted by Crippen LogP contribution is 2.23. The van der Waals surface area contributed by atoms with Gasteiger partial charge in [-0.1, -0.05) is 6.92 Å². The molecule has 6 heteroatoms. The standard InChI is InChI=1S/C14H22N4O2/c1-4-7-17-13(19)9-18(3)12-8-10(14(20)16-2)5-6-11(12)15/h5-6,8H,4,7,9,15H2,1-3H3,(H,16,20)(H,17,19). The van der Waals surface area contributed by atoms with Gasteiger partial charge in [0.25, 0.3) is 5.91 Å². The van der Waals surface area contributed by atoms with Crippen LogP contribution in [0.4, 0.5) is 11.4 Å². The van der Waals surface area contributed by atoms with Gasteiger partial charge in [0.2, 0.25) is 5.91 Å². The fourth-order valence-electron chi connectivity index (χ4n) is 1.78. The third-order valence-corrected chi connectivity index (χ3v) is 2.88. The minimum atomic E-state index is -0.185. The summed E-state index contributed by atoms with van der Waals surface area (Å²) >= 11 is 0. The lowest BCUT2D eigenvalue weighted by molar-refractivity contribution is -0.119. The first-order chi connectivity index (χ1) is 9.49. The van der Waals surface area contributed by atoms with Crippen molar-refractivity contribution in [1.82, 2.24) is 10.6 Å². The first kappa shape index (κ1) is 15.8. The van der Waals surface area contributed by atoms with Crippen molar-refractivity contribution in [1.29, 1.82) is 0 Å². The highest BCUT2D eigenvalue weighted by atomic mass is 16.2. The zero-order chi connectivity index (χ0) is 15.1. The van der Waals surface area contributed by atoms with Crippen LogP contribution in [-0.4, -0.2) is 39.0 Å². The number of nitrogens with zero attached hydrogens (tertiary/aromatic N) is 1. The van der Waals surface area contributed by atoms with Gasteiger partial charge in [0.1, 0.15) is 0 Å². The Morgan fingerprint density at radius 2 is 2.05 bits per heavy atom. The molecule has 0 fully saturated rings. The number of carbonyl (C=O) groups is 2. The summed E-state index contributed by atoms with van der Waals surface area (Å²) in [6, 6.07) is 5.00. The zero-order valence-electron chi connectivity index (χ0n) is 12.2. The number of anilines is 2. The number of nitrogen functional groups attached to an aromatic ring is 1. The number of rotatable bonds is 6. The number of nitrogens with one attached hydrogen (secondary N) is 2. The van der Waals surface area contributed by atoms with Crippen molar-refractivity contribution in [3.05, 3.63) is 23.8 Å². The van der Waals surface area contributed by atoms with E-state index in [0.717, 1.165) is 6.42 Å². The molecule has 4 N–H and O–H groups in total. The Kier molecular flexibility index (Phi) is 5.83. The van der Waals surface area contributed by atoms with Crippen LogP contribution in [0.3, 0.4) is 0 Å². The van der Waals surface area contributed by atoms with E-state index in [1.54, 1.807) is 37.2 Å². The van der Waals surface area contributed by atoms with Gasteiger partial charge >= 0.3 is 0 Å². The first-order valence-electron chi connectivity index (χ1n) is 6.59. The summed E-state index contributed by atoms with van der Waals surface area (Å²) in [5, 5.41) is 5.36. The molecule has 20 heavy (non-hydrogen) atoms. The molecule has 0 saturated carbocycles. The summed E-state index contributed by atoms with van der Waals surface area (Å²) in [7, 11) is 3.34. The summed E-state index contributed by atoms with van der Waals surface area (Å²) < 4.78 is 0. The predicted octanol–water partition coefficient (Wildman–Crippen LogP) is 0.591. The second-order valence-electron chi connectivity index (χ2n) is 4.56. The van der Waals surface area contributed by atoms with Gasteiger partial charge in [-0.2, -0.15) is 0 Å². The third-order valence-electron chi connectivity index (χ3n) is 2.88. The summed E-state index contributed by atoms with van der Waals surface area (Å²) in [4.78, 5) is 25.0. The van der Waals surface area contributed by atoms with E-state index in [1.807, 2.05) is 6.92 Å². The lowest BCUT2D eigenvalue weighted by Crippen LogP contribution is -2.35. The molecule has 0 aliphatic heterocycles. The number of hydrogen-bond acceptors (Lipinski definition) is 4. The average Bonchev–Trinajstić information content (AvgIpc) is 2.44. The van der Waals surface area contributed by atoms with Crippen LogP contribution < -0.4 is 21.3 Å². The third kappa shape index (κ3) is 4.15. The van der Waals surface area contributed by atoms with E-state index in [0.29, 0.717) is 23.5 Å². The fraction of sp³-hybridized carbons (Fsp3) is 0.429. The van der Waals surface area contributed by atoms with Crippen LogP contribution in [0.1, 0.15) is 23.7 Å². The topological polar surface area (TPSA) is 87.5 Å². The van der Waals surface area contributed by atoms with Gasteiger partial charge in [0.15, 0.2) is 0 Å². The Morgan fingerprint density at radius 1 is 1.35 bits per heavy atom. The van der Waals surface area contributed by atoms with E-state index in [1.165, 1.54) is 0 Å². The summed E-state index contributed by atoms with van der Waals surface area (Å²) in [5.41, 5.74) is 7.61. The molecule has 0 saturated heterocycles. The minimum absolute atomic E-state index is 0.0703. The highest BCUT2D eigenvalue weighted by molar-refractivity contribution is 5.96. The Labute approximate surface area is 119 Å². The second kappa shape index (κ2) is 7.37. The molecule has 110 valence electrons. The number of hydrogen-bond donors (Lipinski definition) is 3. The molecule has 0 bridgehead atoms. The molecule has 6 nitrogen and oxygen atoms in total. The van der Waals surface area contributed by atoms with Crippen molar-refractivity contribution < 1.29 is 9.59 Å². The van der Waals surface area contributed by atoms with E-state index >= 15 is 0 Å². The van der Waals surface area contributed by atoms with E-state index < -0.39 is 0 Å². The van der Waals surface area contributed by atoms with Crippen LogP contribution in [0, 0.1) is 0 Å². The molecule has 1 aromatic carbocycles. The van der Waals surface area contributed by atoms with Gasteiger partial charge in [-0.05, 0) is 24.6 Å². The molecule has 1 aromatic rings. The molecule has 0 aliphatic carbocycles. The number of carbonyl (C=O) groups excluding carboxylic acids is 2. The van der Waals surface area contributed by atoms with Crippen LogP contribution in [0.5, 0.6) is 0 Å². The first-order valence-corrected chi connectivity index (χ1v) is 6.59. The van der Waals surface area contributed by atoms with Crippen molar-refractivity contribution in [2.24, 2.45) is 0 Å². The maximum absolute atomic E-state index is 11.7. The summed E-state index contributed by atoms with van der Waals surface area (Å²) in [5.74, 6) is -0.255. The fourth-order valence-corrected chi connectivity index (χ4v) is 1.78. The Balaban J connectivity index is 2.83. The average molecular weight is 278 g/mol. The van der Waals surface area contributed by atoms with Gasteiger partial charge in [0.05, 0.1) is 17.9 Å². The number of amides is 2. The molecule has 0 heterocycles. The van der Waals surface area contributed by atoms with Crippen molar-refractivity contribution in [2.45, 2.75) is 13.3 Å². The van der Waals surface area contributed by atoms with Gasteiger partial charge in [-0.3, -0.25) is 9.59 Å². The highest BCUT2D eigenvalue weighted by Gasteiger charge is 2.12. The normalized spacial score (nSPS) is 9.95. The van der Waals surface area contributed by atoms with Gasteiger partial charge in [0, 0.05) is 26.2 Å². The zero-order valence-corrected chi connectivity index (χ0v) is 12.2. The molecular formula is C14H22N4O2. The number of likely N-dealkylation sites (N-methyl/N-ethyl adjacent to an activating group) is 1. The molecule has 1 rings (SSSR count). The van der Waals surface area contributed by atoms with E-state index in [-0.39, 0.29) is 18.4 Å². The van der Waals surface area contributed by atoms with E-state index in [4.69, 9.17) is 5.73 Å². The number of nitrogens with two attached hydrogens (primary N) is 1. The van der Waals surface area contributed by atoms with Crippen molar-refractivity contribution in [3.63, 3.8) is 0 Å². The van der Waals surface area contributed by atoms with Gasteiger partial charge in [-0.25, -0.2) is 0 Å². The monoisotopic (exact) mass is 278 g/mol. The lowest BCUT2D eigenvalue weighted by Gasteiger charge is -2.21. The molecule has 0 atom stereocenters. The van der Waals surface area contributed by atoms with Gasteiger partial charge in [-0.15, -0.1) is 0 Å². The van der Waals surface area contributed by atoms with E-state index in [2.05, 4.69) is 10.6 Å². The van der Waals surface area contributed by atoms with Crippen LogP contribution in [-0.2, 0) is 4.79 Å². The molecule has 0 aromatic heterocycles. The smallest absolute Gasteiger partial charge is 0.251 e. The SMILES string of the molecule is CCCNC(=O)CN(C)c1cc(C(=O)NC)ccc1N. The van der Waals surface area contributed by atoms with Crippen molar-refractivity contribution >= 4 is 23.2 Å². The maximum Gasteiger partial charge on any atom is 0.251 e. The van der Waals surface area contributed by atoms with Crippen LogP contribution in [0.2, 0.25) is 0 Å². The number of benzene rings is 1. The summed E-state index contributed by atoms with van der Waals surface area (Å²) in [6.45, 7) is 2.84. The van der Waals surface area contributed by atoms with Crippen molar-refractivity contribution in [2.75, 3.05) is 37.8 Å². The molecule has 2 amide bonds. The van der Waals surface area contributed by atoms with Crippen molar-refractivity contribution in [3.8, 4) is 0 Å². The Bertz CT molecular complexity index is 488. The molecule has 0 aliphatic rings. The van der Waals surface area contributed by atoms with E-state index in [9.17, 15) is 9.59 Å². The van der Waals surface area contributed by atoms with Crippen LogP contribution >= 0.6 is 0 Å². The lowest BCUT2D eigenvalue weighted by atomic mass is 10.1. The quantitative estimate of drug-likeness (QED) is 0.665. The second-order valence-corrected chi connectivity index (χ2v) is 4.56. The molecular weight excluding hydrogens is 256 g/mol. The Morgan fingerprint density at radius 3 is 2.65 bits per heavy atom. The largest absolute Gasteiger partial charge is 0.397 e. The Hall–Kier alpha value is -2.24. The predicted molar refractivity (Wildman–Crippen MR) is 80.8 cm³/mol. The summed E-state index contributed by atoms with van der Waals surface area (Å²) in [6.07, 6.45) is 0.893. The molecule has 0 spiro atoms. The maximum atomic E-state index is 11.7. The van der Waals surface area contributed by atoms with Gasteiger partial charge < -0.3 is 21.3 Å². The molecule has 0 radical (unpaired) electrons.